The molecule has 0 bridgehead atoms. The second-order valence-electron chi connectivity index (χ2n) is 6.46. The fourth-order valence-electron chi connectivity index (χ4n) is 2.86. The summed E-state index contributed by atoms with van der Waals surface area (Å²) < 4.78 is 25.6. The van der Waals surface area contributed by atoms with Crippen molar-refractivity contribution in [3.05, 3.63) is 57.9 Å². The van der Waals surface area contributed by atoms with Gasteiger partial charge >= 0.3 is 0 Å². The quantitative estimate of drug-likeness (QED) is 0.665. The van der Waals surface area contributed by atoms with E-state index >= 15 is 0 Å². The van der Waals surface area contributed by atoms with Crippen molar-refractivity contribution in [3.63, 3.8) is 0 Å². The van der Waals surface area contributed by atoms with E-state index in [0.717, 1.165) is 16.7 Å². The first-order chi connectivity index (χ1) is 13.2. The molecule has 2 aromatic carbocycles. The topological polar surface area (TPSA) is 94.5 Å². The molecule has 0 fully saturated rings. The Labute approximate surface area is 167 Å². The van der Waals surface area contributed by atoms with Crippen LogP contribution in [0.5, 0.6) is 0 Å². The average molecular weight is 414 g/mol. The Kier molecular flexibility index (Phi) is 5.52. The van der Waals surface area contributed by atoms with Crippen molar-refractivity contribution in [2.24, 2.45) is 10.1 Å². The van der Waals surface area contributed by atoms with Crippen LogP contribution in [0.15, 0.2) is 46.3 Å². The summed E-state index contributed by atoms with van der Waals surface area (Å²) in [5, 5.41) is 5.20. The Balaban J connectivity index is 2.07. The fourth-order valence-corrected chi connectivity index (χ4v) is 4.56. The normalized spacial score (nSPS) is 12.3. The molecule has 0 aliphatic heterocycles. The van der Waals surface area contributed by atoms with Gasteiger partial charge in [0.1, 0.15) is 0 Å². The number of nitrogens with two attached hydrogens (primary N) is 1. The highest BCUT2D eigenvalue weighted by Crippen LogP contribution is 2.21. The third kappa shape index (κ3) is 4.22. The van der Waals surface area contributed by atoms with Crippen LogP contribution in [0.25, 0.3) is 10.2 Å². The van der Waals surface area contributed by atoms with Gasteiger partial charge in [-0.1, -0.05) is 41.0 Å². The van der Waals surface area contributed by atoms with Crippen molar-refractivity contribution >= 4 is 37.5 Å². The first kappa shape index (κ1) is 20.0. The third-order valence-electron chi connectivity index (χ3n) is 4.30. The van der Waals surface area contributed by atoms with Crippen molar-refractivity contribution in [2.75, 3.05) is 0 Å². The van der Waals surface area contributed by atoms with E-state index in [1.54, 1.807) is 10.6 Å². The largest absolute Gasteiger partial charge is 0.305 e. The monoisotopic (exact) mass is 413 g/mol. The number of carbonyl (C=O) groups is 1. The lowest BCUT2D eigenvalue weighted by atomic mass is 10.0. The maximum absolute atomic E-state index is 12.6. The van der Waals surface area contributed by atoms with E-state index in [0.29, 0.717) is 15.0 Å². The number of rotatable bonds is 4. The minimum Gasteiger partial charge on any atom is -0.305 e. The maximum atomic E-state index is 12.6. The standard InChI is InChI=1S/C20H19N3O3S2/c1-4-9-23-17-8-7-16(28(21,25)26)12-18(17)27-20(23)22-19(24)11-15-10-13(2)5-6-14(15)3/h1,5-8,10,12H,9,11H2,2-3H3,(H2,21,25,26). The Morgan fingerprint density at radius 2 is 2.00 bits per heavy atom. The molecule has 0 atom stereocenters. The first-order valence-corrected chi connectivity index (χ1v) is 10.8. The fraction of sp³-hybridized carbons (Fsp3) is 0.200. The molecule has 2 N–H and O–H groups in total. The van der Waals surface area contributed by atoms with Crippen LogP contribution in [0, 0.1) is 26.2 Å². The van der Waals surface area contributed by atoms with E-state index in [1.165, 1.54) is 23.5 Å². The zero-order chi connectivity index (χ0) is 20.5. The number of hydrogen-bond donors (Lipinski definition) is 1. The van der Waals surface area contributed by atoms with E-state index in [2.05, 4.69) is 10.9 Å². The highest BCUT2D eigenvalue weighted by Gasteiger charge is 2.13. The number of aryl methyl sites for hydroxylation is 2. The molecule has 3 aromatic rings. The number of aromatic nitrogens is 1. The molecule has 0 saturated heterocycles. The van der Waals surface area contributed by atoms with Crippen LogP contribution in [0.4, 0.5) is 0 Å². The number of primary sulfonamides is 1. The molecule has 0 radical (unpaired) electrons. The number of fused-ring (bicyclic) bond motifs is 1. The molecular formula is C20H19N3O3S2. The number of sulfonamides is 1. The van der Waals surface area contributed by atoms with Gasteiger partial charge < -0.3 is 4.57 Å². The van der Waals surface area contributed by atoms with Gasteiger partial charge in [0.2, 0.25) is 10.0 Å². The Bertz CT molecular complexity index is 1290. The van der Waals surface area contributed by atoms with Gasteiger partial charge in [-0.15, -0.1) is 6.42 Å². The van der Waals surface area contributed by atoms with Crippen molar-refractivity contribution < 1.29 is 13.2 Å². The lowest BCUT2D eigenvalue weighted by Crippen LogP contribution is -2.17. The van der Waals surface area contributed by atoms with Gasteiger partial charge in [-0.05, 0) is 43.2 Å². The molecule has 3 rings (SSSR count). The second-order valence-corrected chi connectivity index (χ2v) is 9.03. The Morgan fingerprint density at radius 1 is 1.25 bits per heavy atom. The van der Waals surface area contributed by atoms with Crippen molar-refractivity contribution in [1.29, 1.82) is 0 Å². The van der Waals surface area contributed by atoms with Crippen LogP contribution in [-0.4, -0.2) is 18.9 Å². The Morgan fingerprint density at radius 3 is 2.68 bits per heavy atom. The summed E-state index contributed by atoms with van der Waals surface area (Å²) >= 11 is 1.20. The summed E-state index contributed by atoms with van der Waals surface area (Å²) in [7, 11) is -3.82. The number of amides is 1. The van der Waals surface area contributed by atoms with E-state index < -0.39 is 10.0 Å². The van der Waals surface area contributed by atoms with Gasteiger partial charge in [-0.25, -0.2) is 13.6 Å². The van der Waals surface area contributed by atoms with E-state index in [9.17, 15) is 13.2 Å². The number of terminal acetylenes is 1. The molecule has 0 unspecified atom stereocenters. The maximum Gasteiger partial charge on any atom is 0.252 e. The highest BCUT2D eigenvalue weighted by molar-refractivity contribution is 7.89. The van der Waals surface area contributed by atoms with Crippen molar-refractivity contribution in [1.82, 2.24) is 4.57 Å². The molecular weight excluding hydrogens is 394 g/mol. The molecule has 144 valence electrons. The lowest BCUT2D eigenvalue weighted by molar-refractivity contribution is -0.117. The molecule has 28 heavy (non-hydrogen) atoms. The zero-order valence-corrected chi connectivity index (χ0v) is 17.1. The molecule has 0 aliphatic carbocycles. The summed E-state index contributed by atoms with van der Waals surface area (Å²) in [6.07, 6.45) is 5.64. The first-order valence-electron chi connectivity index (χ1n) is 8.42. The minimum atomic E-state index is -3.82. The minimum absolute atomic E-state index is 0.00219. The number of thiazole rings is 1. The van der Waals surface area contributed by atoms with Crippen LogP contribution in [0.2, 0.25) is 0 Å². The zero-order valence-electron chi connectivity index (χ0n) is 15.5. The lowest BCUT2D eigenvalue weighted by Gasteiger charge is -2.04. The van der Waals surface area contributed by atoms with E-state index in [-0.39, 0.29) is 23.8 Å². The molecule has 8 heteroatoms. The number of carbonyl (C=O) groups excluding carboxylic acids is 1. The summed E-state index contributed by atoms with van der Waals surface area (Å²) in [6, 6.07) is 10.5. The van der Waals surface area contributed by atoms with Gasteiger partial charge in [0, 0.05) is 0 Å². The molecule has 0 spiro atoms. The van der Waals surface area contributed by atoms with Crippen molar-refractivity contribution in [2.45, 2.75) is 31.7 Å². The molecule has 1 amide bonds. The summed E-state index contributed by atoms with van der Waals surface area (Å²) in [5.41, 5.74) is 3.73. The van der Waals surface area contributed by atoms with Crippen LogP contribution in [0.1, 0.15) is 16.7 Å². The Hall–Kier alpha value is -2.73. The van der Waals surface area contributed by atoms with Gasteiger partial charge in [0.15, 0.2) is 4.80 Å². The average Bonchev–Trinajstić information content (AvgIpc) is 2.94. The van der Waals surface area contributed by atoms with Gasteiger partial charge in [-0.2, -0.15) is 4.99 Å². The van der Waals surface area contributed by atoms with E-state index in [4.69, 9.17) is 11.6 Å². The number of hydrogen-bond acceptors (Lipinski definition) is 4. The predicted octanol–water partition coefficient (Wildman–Crippen LogP) is 2.27. The predicted molar refractivity (Wildman–Crippen MR) is 110 cm³/mol. The van der Waals surface area contributed by atoms with Crippen LogP contribution < -0.4 is 9.94 Å². The summed E-state index contributed by atoms with van der Waals surface area (Å²) in [5.74, 6) is 2.25. The summed E-state index contributed by atoms with van der Waals surface area (Å²) in [4.78, 5) is 17.2. The highest BCUT2D eigenvalue weighted by atomic mass is 32.2. The van der Waals surface area contributed by atoms with Gasteiger partial charge in [0.25, 0.3) is 5.91 Å². The summed E-state index contributed by atoms with van der Waals surface area (Å²) in [6.45, 7) is 4.14. The smallest absolute Gasteiger partial charge is 0.252 e. The molecule has 0 aliphatic rings. The molecule has 0 saturated carbocycles. The number of nitrogens with zero attached hydrogens (tertiary/aromatic N) is 2. The molecule has 6 nitrogen and oxygen atoms in total. The van der Waals surface area contributed by atoms with Crippen LogP contribution >= 0.6 is 11.3 Å². The van der Waals surface area contributed by atoms with Gasteiger partial charge in [-0.3, -0.25) is 4.79 Å². The van der Waals surface area contributed by atoms with Gasteiger partial charge in [0.05, 0.1) is 28.1 Å². The van der Waals surface area contributed by atoms with Crippen LogP contribution in [0.3, 0.4) is 0 Å². The molecule has 1 aromatic heterocycles. The third-order valence-corrected chi connectivity index (χ3v) is 6.25. The molecule has 1 heterocycles. The van der Waals surface area contributed by atoms with E-state index in [1.807, 2.05) is 32.0 Å². The van der Waals surface area contributed by atoms with Crippen molar-refractivity contribution in [3.8, 4) is 12.3 Å². The van der Waals surface area contributed by atoms with Crippen LogP contribution in [-0.2, 0) is 27.8 Å². The number of benzene rings is 2. The second kappa shape index (κ2) is 7.72. The SMILES string of the molecule is C#CCn1c(=NC(=O)Cc2cc(C)ccc2C)sc2cc(S(N)(=O)=O)ccc21.